The largest absolute Gasteiger partial charge is 0.466 e. The van der Waals surface area contributed by atoms with E-state index >= 15 is 0 Å². The fourth-order valence-electron chi connectivity index (χ4n) is 2.81. The number of hydrogen-bond donors (Lipinski definition) is 0. The summed E-state index contributed by atoms with van der Waals surface area (Å²) in [4.78, 5) is 12.2. The molecule has 3 aromatic rings. The number of rotatable bonds is 3. The van der Waals surface area contributed by atoms with Crippen molar-refractivity contribution in [1.82, 2.24) is 0 Å². The predicted octanol–water partition coefficient (Wildman–Crippen LogP) is 5.45. The lowest BCUT2D eigenvalue weighted by Gasteiger charge is -2.08. The molecular weight excluding hydrogens is 346 g/mol. The van der Waals surface area contributed by atoms with E-state index in [0.717, 1.165) is 11.1 Å². The summed E-state index contributed by atoms with van der Waals surface area (Å²) in [6, 6.07) is 11.3. The van der Waals surface area contributed by atoms with Crippen molar-refractivity contribution in [2.24, 2.45) is 0 Å². The van der Waals surface area contributed by atoms with Crippen LogP contribution in [-0.2, 0) is 6.42 Å². The minimum atomic E-state index is -1.04. The first kappa shape index (κ1) is 17.4. The molecule has 0 atom stereocenters. The van der Waals surface area contributed by atoms with Gasteiger partial charge in [0.25, 0.3) is 0 Å². The molecule has 0 aliphatic heterocycles. The highest BCUT2D eigenvalue weighted by Crippen LogP contribution is 2.25. The zero-order valence-corrected chi connectivity index (χ0v) is 14.5. The maximum atomic E-state index is 13.9. The van der Waals surface area contributed by atoms with Gasteiger partial charge in [-0.3, -0.25) is 4.79 Å². The minimum Gasteiger partial charge on any atom is -0.466 e. The van der Waals surface area contributed by atoms with Gasteiger partial charge in [0, 0.05) is 12.5 Å². The Hall–Kier alpha value is -2.46. The van der Waals surface area contributed by atoms with Gasteiger partial charge >= 0.3 is 0 Å². The average molecular weight is 361 g/mol. The summed E-state index contributed by atoms with van der Waals surface area (Å²) >= 11 is 5.56. The van der Waals surface area contributed by atoms with E-state index in [1.165, 1.54) is 18.2 Å². The van der Waals surface area contributed by atoms with Gasteiger partial charge in [0.2, 0.25) is 0 Å². The molecule has 0 saturated heterocycles. The molecule has 25 heavy (non-hydrogen) atoms. The van der Waals surface area contributed by atoms with Crippen LogP contribution >= 0.6 is 11.6 Å². The van der Waals surface area contributed by atoms with Crippen LogP contribution in [0.1, 0.15) is 22.6 Å². The Morgan fingerprint density at radius 2 is 1.68 bits per heavy atom. The van der Waals surface area contributed by atoms with E-state index in [-0.39, 0.29) is 22.4 Å². The summed E-state index contributed by atoms with van der Waals surface area (Å²) < 4.78 is 33.0. The predicted molar refractivity (Wildman–Crippen MR) is 94.1 cm³/mol. The Morgan fingerprint density at radius 1 is 1.00 bits per heavy atom. The van der Waals surface area contributed by atoms with Gasteiger partial charge in [-0.15, -0.1) is 0 Å². The second kappa shape index (κ2) is 6.81. The fraction of sp³-hybridized carbons (Fsp3) is 0.150. The quantitative estimate of drug-likeness (QED) is 0.582. The molecule has 5 heteroatoms. The molecule has 0 unspecified atom stereocenters. The molecule has 2 aromatic carbocycles. The molecular formula is C20H15ClF2O2. The highest BCUT2D eigenvalue weighted by molar-refractivity contribution is 6.30. The molecule has 0 amide bonds. The SMILES string of the molecule is Cc1cc(=O)c(-c2ccc(Cc3ccc(Cl)c(F)c3F)cc2)c(C)o1. The molecule has 0 aliphatic carbocycles. The van der Waals surface area contributed by atoms with E-state index < -0.39 is 11.6 Å². The summed E-state index contributed by atoms with van der Waals surface area (Å²) in [5.41, 5.74) is 2.12. The maximum Gasteiger partial charge on any atom is 0.193 e. The van der Waals surface area contributed by atoms with Crippen molar-refractivity contribution in [2.75, 3.05) is 0 Å². The first-order valence-electron chi connectivity index (χ1n) is 7.70. The number of benzene rings is 2. The van der Waals surface area contributed by atoms with E-state index in [4.69, 9.17) is 16.0 Å². The summed E-state index contributed by atoms with van der Waals surface area (Å²) in [7, 11) is 0. The van der Waals surface area contributed by atoms with Gasteiger partial charge in [0.1, 0.15) is 11.5 Å². The van der Waals surface area contributed by atoms with Crippen molar-refractivity contribution in [2.45, 2.75) is 20.3 Å². The first-order valence-corrected chi connectivity index (χ1v) is 8.07. The summed E-state index contributed by atoms with van der Waals surface area (Å²) in [6.45, 7) is 3.46. The topological polar surface area (TPSA) is 30.2 Å². The second-order valence-electron chi connectivity index (χ2n) is 5.86. The third kappa shape index (κ3) is 3.49. The molecule has 128 valence electrons. The average Bonchev–Trinajstić information content (AvgIpc) is 2.56. The van der Waals surface area contributed by atoms with E-state index in [9.17, 15) is 13.6 Å². The zero-order valence-electron chi connectivity index (χ0n) is 13.7. The van der Waals surface area contributed by atoms with Gasteiger partial charge in [-0.25, -0.2) is 8.78 Å². The van der Waals surface area contributed by atoms with Crippen LogP contribution in [0.15, 0.2) is 51.7 Å². The van der Waals surface area contributed by atoms with Gasteiger partial charge in [-0.2, -0.15) is 0 Å². The van der Waals surface area contributed by atoms with E-state index in [1.54, 1.807) is 38.1 Å². The second-order valence-corrected chi connectivity index (χ2v) is 6.27. The zero-order chi connectivity index (χ0) is 18.1. The number of aryl methyl sites for hydroxylation is 2. The van der Waals surface area contributed by atoms with E-state index in [0.29, 0.717) is 17.1 Å². The molecule has 0 fully saturated rings. The number of hydrogen-bond acceptors (Lipinski definition) is 2. The highest BCUT2D eigenvalue weighted by Gasteiger charge is 2.13. The van der Waals surface area contributed by atoms with Crippen molar-refractivity contribution in [3.63, 3.8) is 0 Å². The third-order valence-corrected chi connectivity index (χ3v) is 4.29. The van der Waals surface area contributed by atoms with E-state index in [2.05, 4.69) is 0 Å². The van der Waals surface area contributed by atoms with Gasteiger partial charge in [-0.1, -0.05) is 41.9 Å². The molecule has 0 spiro atoms. The van der Waals surface area contributed by atoms with Gasteiger partial charge in [0.05, 0.1) is 10.6 Å². The molecule has 0 saturated carbocycles. The third-order valence-electron chi connectivity index (χ3n) is 4.00. The van der Waals surface area contributed by atoms with Crippen molar-refractivity contribution in [3.05, 3.63) is 92.0 Å². The highest BCUT2D eigenvalue weighted by atomic mass is 35.5. The molecule has 0 radical (unpaired) electrons. The van der Waals surface area contributed by atoms with Crippen LogP contribution in [-0.4, -0.2) is 0 Å². The van der Waals surface area contributed by atoms with Crippen molar-refractivity contribution >= 4 is 11.6 Å². The fourth-order valence-corrected chi connectivity index (χ4v) is 2.96. The van der Waals surface area contributed by atoms with Crippen LogP contribution in [0.5, 0.6) is 0 Å². The Balaban J connectivity index is 1.92. The monoisotopic (exact) mass is 360 g/mol. The lowest BCUT2D eigenvalue weighted by Crippen LogP contribution is -2.06. The van der Waals surface area contributed by atoms with Crippen LogP contribution in [0.25, 0.3) is 11.1 Å². The molecule has 0 bridgehead atoms. The van der Waals surface area contributed by atoms with Crippen LogP contribution < -0.4 is 5.43 Å². The van der Waals surface area contributed by atoms with E-state index in [1.807, 2.05) is 0 Å². The lowest BCUT2D eigenvalue weighted by molar-refractivity contribution is 0.486. The van der Waals surface area contributed by atoms with Crippen LogP contribution in [0.4, 0.5) is 8.78 Å². The lowest BCUT2D eigenvalue weighted by atomic mass is 9.99. The molecule has 2 nitrogen and oxygen atoms in total. The Kier molecular flexibility index (Phi) is 4.73. The Morgan fingerprint density at radius 3 is 2.32 bits per heavy atom. The number of halogens is 3. The Bertz CT molecular complexity index is 992. The van der Waals surface area contributed by atoms with Crippen LogP contribution in [0.2, 0.25) is 5.02 Å². The maximum absolute atomic E-state index is 13.9. The van der Waals surface area contributed by atoms with Gasteiger partial charge in [-0.05, 0) is 36.6 Å². The molecule has 0 aliphatic rings. The minimum absolute atomic E-state index is 0.111. The summed E-state index contributed by atoms with van der Waals surface area (Å²) in [5.74, 6) is -0.873. The van der Waals surface area contributed by atoms with Crippen LogP contribution in [0, 0.1) is 25.5 Å². The molecule has 1 aromatic heterocycles. The standard InChI is InChI=1S/C20H15ClF2O2/c1-11-9-17(24)18(12(2)25-11)14-5-3-13(4-6-14)10-15-7-8-16(21)20(23)19(15)22/h3-9H,10H2,1-2H3. The van der Waals surface area contributed by atoms with Crippen molar-refractivity contribution in [1.29, 1.82) is 0 Å². The molecule has 3 rings (SSSR count). The van der Waals surface area contributed by atoms with Crippen molar-refractivity contribution < 1.29 is 13.2 Å². The Labute approximate surface area is 148 Å². The van der Waals surface area contributed by atoms with Crippen molar-refractivity contribution in [3.8, 4) is 11.1 Å². The first-order chi connectivity index (χ1) is 11.9. The molecule has 1 heterocycles. The van der Waals surface area contributed by atoms with Crippen LogP contribution in [0.3, 0.4) is 0 Å². The van der Waals surface area contributed by atoms with Gasteiger partial charge in [0.15, 0.2) is 17.1 Å². The summed E-state index contributed by atoms with van der Waals surface area (Å²) in [6.07, 6.45) is 0.224. The summed E-state index contributed by atoms with van der Waals surface area (Å²) in [5, 5.41) is -0.238. The smallest absolute Gasteiger partial charge is 0.193 e. The molecule has 0 N–H and O–H groups in total. The van der Waals surface area contributed by atoms with Gasteiger partial charge < -0.3 is 4.42 Å². The normalized spacial score (nSPS) is 10.9.